The molecule has 110 valence electrons. The van der Waals surface area contributed by atoms with Gasteiger partial charge < -0.3 is 19.9 Å². The van der Waals surface area contributed by atoms with Crippen LogP contribution in [0.2, 0.25) is 0 Å². The van der Waals surface area contributed by atoms with E-state index in [9.17, 15) is 4.79 Å². The molecule has 0 spiro atoms. The predicted octanol–water partition coefficient (Wildman–Crippen LogP) is 1.60. The van der Waals surface area contributed by atoms with Gasteiger partial charge in [-0.15, -0.1) is 0 Å². The first-order chi connectivity index (χ1) is 9.64. The van der Waals surface area contributed by atoms with E-state index in [1.807, 2.05) is 6.92 Å². The van der Waals surface area contributed by atoms with Crippen LogP contribution in [0.4, 0.5) is 0 Å². The van der Waals surface area contributed by atoms with Crippen molar-refractivity contribution in [1.82, 2.24) is 5.32 Å². The number of carbonyl (C=O) groups excluding carboxylic acids is 1. The van der Waals surface area contributed by atoms with E-state index < -0.39 is 0 Å². The molecule has 0 radical (unpaired) electrons. The Morgan fingerprint density at radius 1 is 1.40 bits per heavy atom. The highest BCUT2D eigenvalue weighted by atomic mass is 16.5. The zero-order chi connectivity index (χ0) is 15.0. The fraction of sp³-hybridized carbons (Fsp3) is 0.400. The molecule has 2 N–H and O–H groups in total. The summed E-state index contributed by atoms with van der Waals surface area (Å²) in [6.07, 6.45) is 3.74. The summed E-state index contributed by atoms with van der Waals surface area (Å²) in [5, 5.41) is 11.7. The summed E-state index contributed by atoms with van der Waals surface area (Å²) in [6.45, 7) is 1.83. The molecular formula is C15H21NO4. The molecule has 0 unspecified atom stereocenters. The van der Waals surface area contributed by atoms with Gasteiger partial charge in [0.25, 0.3) is 0 Å². The van der Waals surface area contributed by atoms with Gasteiger partial charge in [0.15, 0.2) is 0 Å². The fourth-order valence-electron chi connectivity index (χ4n) is 1.66. The predicted molar refractivity (Wildman–Crippen MR) is 77.9 cm³/mol. The molecule has 5 heteroatoms. The average Bonchev–Trinajstić information content (AvgIpc) is 2.50. The molecule has 0 aliphatic rings. The number of nitrogens with one attached hydrogen (secondary N) is 1. The Bertz CT molecular complexity index is 467. The maximum absolute atomic E-state index is 11.7. The Labute approximate surface area is 119 Å². The van der Waals surface area contributed by atoms with Crippen molar-refractivity contribution in [3.8, 4) is 11.5 Å². The Hall–Kier alpha value is -2.01. The molecule has 1 aromatic carbocycles. The average molecular weight is 279 g/mol. The van der Waals surface area contributed by atoms with Gasteiger partial charge in [0.1, 0.15) is 11.5 Å². The molecule has 0 aliphatic heterocycles. The summed E-state index contributed by atoms with van der Waals surface area (Å²) in [5.74, 6) is 1.09. The largest absolute Gasteiger partial charge is 0.497 e. The van der Waals surface area contributed by atoms with Crippen LogP contribution in [0, 0.1) is 0 Å². The van der Waals surface area contributed by atoms with Gasteiger partial charge in [-0.3, -0.25) is 4.79 Å². The van der Waals surface area contributed by atoms with Crippen molar-refractivity contribution < 1.29 is 19.4 Å². The van der Waals surface area contributed by atoms with Crippen molar-refractivity contribution in [3.63, 3.8) is 0 Å². The fourth-order valence-corrected chi connectivity index (χ4v) is 1.66. The number of ether oxygens (including phenoxy) is 2. The van der Waals surface area contributed by atoms with Gasteiger partial charge in [0.05, 0.1) is 26.9 Å². The van der Waals surface area contributed by atoms with Gasteiger partial charge in [-0.05, 0) is 30.7 Å². The summed E-state index contributed by atoms with van der Waals surface area (Å²) in [4.78, 5) is 11.7. The summed E-state index contributed by atoms with van der Waals surface area (Å²) in [7, 11) is 3.15. The third-order valence-corrected chi connectivity index (χ3v) is 2.91. The zero-order valence-corrected chi connectivity index (χ0v) is 12.1. The summed E-state index contributed by atoms with van der Waals surface area (Å²) < 4.78 is 10.4. The van der Waals surface area contributed by atoms with E-state index in [4.69, 9.17) is 14.6 Å². The van der Waals surface area contributed by atoms with E-state index in [2.05, 4.69) is 5.32 Å². The van der Waals surface area contributed by atoms with Gasteiger partial charge in [0.2, 0.25) is 5.91 Å². The van der Waals surface area contributed by atoms with Crippen molar-refractivity contribution in [2.75, 3.05) is 20.8 Å². The highest BCUT2D eigenvalue weighted by Crippen LogP contribution is 2.24. The van der Waals surface area contributed by atoms with E-state index in [1.54, 1.807) is 38.5 Å². The van der Waals surface area contributed by atoms with Crippen molar-refractivity contribution in [2.45, 2.75) is 19.4 Å². The molecule has 1 atom stereocenters. The second-order valence-corrected chi connectivity index (χ2v) is 4.24. The van der Waals surface area contributed by atoms with Crippen molar-refractivity contribution in [1.29, 1.82) is 0 Å². The first-order valence-electron chi connectivity index (χ1n) is 6.46. The van der Waals surface area contributed by atoms with Crippen LogP contribution in [0.1, 0.15) is 18.9 Å². The maximum Gasteiger partial charge on any atom is 0.244 e. The first kappa shape index (κ1) is 16.0. The smallest absolute Gasteiger partial charge is 0.244 e. The van der Waals surface area contributed by atoms with Crippen molar-refractivity contribution in [2.24, 2.45) is 0 Å². The second-order valence-electron chi connectivity index (χ2n) is 4.24. The van der Waals surface area contributed by atoms with Crippen molar-refractivity contribution >= 4 is 12.0 Å². The Balaban J connectivity index is 2.80. The van der Waals surface area contributed by atoms with Crippen LogP contribution in [0.3, 0.4) is 0 Å². The van der Waals surface area contributed by atoms with E-state index >= 15 is 0 Å². The SMILES string of the molecule is CC[C@@H](CO)NC(=O)/C=C/c1cc(OC)ccc1OC. The lowest BCUT2D eigenvalue weighted by molar-refractivity contribution is -0.117. The molecule has 1 amide bonds. The normalized spacial score (nSPS) is 12.2. The Morgan fingerprint density at radius 3 is 2.70 bits per heavy atom. The van der Waals surface area contributed by atoms with Crippen LogP contribution in [0.15, 0.2) is 24.3 Å². The molecule has 20 heavy (non-hydrogen) atoms. The zero-order valence-electron chi connectivity index (χ0n) is 12.1. The Morgan fingerprint density at radius 2 is 2.15 bits per heavy atom. The van der Waals surface area contributed by atoms with E-state index in [-0.39, 0.29) is 18.6 Å². The molecule has 0 heterocycles. The van der Waals surface area contributed by atoms with E-state index in [0.29, 0.717) is 17.9 Å². The van der Waals surface area contributed by atoms with Gasteiger partial charge in [0, 0.05) is 11.6 Å². The molecule has 1 rings (SSSR count). The standard InChI is InChI=1S/C15H21NO4/c1-4-12(10-17)16-15(18)8-5-11-9-13(19-2)6-7-14(11)20-3/h5-9,12,17H,4,10H2,1-3H3,(H,16,18)/b8-5+/t12-/m0/s1. The van der Waals surface area contributed by atoms with Crippen LogP contribution < -0.4 is 14.8 Å². The molecule has 0 aromatic heterocycles. The minimum atomic E-state index is -0.254. The topological polar surface area (TPSA) is 67.8 Å². The van der Waals surface area contributed by atoms with Crippen LogP contribution in [-0.4, -0.2) is 37.9 Å². The number of hydrogen-bond donors (Lipinski definition) is 2. The molecule has 0 fully saturated rings. The monoisotopic (exact) mass is 279 g/mol. The number of aliphatic hydroxyl groups excluding tert-OH is 1. The second kappa shape index (κ2) is 8.22. The highest BCUT2D eigenvalue weighted by molar-refractivity contribution is 5.92. The minimum Gasteiger partial charge on any atom is -0.497 e. The number of methoxy groups -OCH3 is 2. The maximum atomic E-state index is 11.7. The van der Waals surface area contributed by atoms with Gasteiger partial charge in [-0.1, -0.05) is 6.92 Å². The summed E-state index contributed by atoms with van der Waals surface area (Å²) in [6, 6.07) is 5.12. The first-order valence-corrected chi connectivity index (χ1v) is 6.46. The third kappa shape index (κ3) is 4.59. The van der Waals surface area contributed by atoms with Gasteiger partial charge >= 0.3 is 0 Å². The van der Waals surface area contributed by atoms with Crippen molar-refractivity contribution in [3.05, 3.63) is 29.8 Å². The molecule has 5 nitrogen and oxygen atoms in total. The lowest BCUT2D eigenvalue weighted by atomic mass is 10.1. The number of rotatable bonds is 7. The van der Waals surface area contributed by atoms with E-state index in [0.717, 1.165) is 5.56 Å². The molecule has 1 aromatic rings. The quantitative estimate of drug-likeness (QED) is 0.744. The third-order valence-electron chi connectivity index (χ3n) is 2.91. The summed E-state index contributed by atoms with van der Waals surface area (Å²) >= 11 is 0. The molecule has 0 saturated carbocycles. The van der Waals surface area contributed by atoms with Gasteiger partial charge in [-0.25, -0.2) is 0 Å². The van der Waals surface area contributed by atoms with Crippen LogP contribution >= 0.6 is 0 Å². The van der Waals surface area contributed by atoms with Gasteiger partial charge in [-0.2, -0.15) is 0 Å². The lowest BCUT2D eigenvalue weighted by Crippen LogP contribution is -2.35. The molecule has 0 bridgehead atoms. The highest BCUT2D eigenvalue weighted by Gasteiger charge is 2.07. The minimum absolute atomic E-state index is 0.0709. The van der Waals surface area contributed by atoms with Crippen LogP contribution in [0.25, 0.3) is 6.08 Å². The summed E-state index contributed by atoms with van der Waals surface area (Å²) in [5.41, 5.74) is 0.749. The molecule has 0 saturated heterocycles. The lowest BCUT2D eigenvalue weighted by Gasteiger charge is -2.12. The van der Waals surface area contributed by atoms with Crippen LogP contribution in [0.5, 0.6) is 11.5 Å². The molecule has 0 aliphatic carbocycles. The number of amides is 1. The number of hydrogen-bond acceptors (Lipinski definition) is 4. The molecular weight excluding hydrogens is 258 g/mol. The van der Waals surface area contributed by atoms with E-state index in [1.165, 1.54) is 6.08 Å². The van der Waals surface area contributed by atoms with Crippen LogP contribution in [-0.2, 0) is 4.79 Å². The number of aliphatic hydroxyl groups is 1. The Kier molecular flexibility index (Phi) is 6.59. The number of benzene rings is 1. The number of carbonyl (C=O) groups is 1.